The Kier molecular flexibility index (Phi) is 5.95. The van der Waals surface area contributed by atoms with Crippen LogP contribution in [0, 0.1) is 0 Å². The normalized spacial score (nSPS) is 10.6. The Labute approximate surface area is 132 Å². The number of carbonyl (C=O) groups excluding carboxylic acids is 1. The molecule has 0 fully saturated rings. The molecule has 0 spiro atoms. The van der Waals surface area contributed by atoms with Crippen molar-refractivity contribution in [2.24, 2.45) is 0 Å². The number of aromatic nitrogens is 2. The highest BCUT2D eigenvalue weighted by atomic mass is 79.9. The summed E-state index contributed by atoms with van der Waals surface area (Å²) in [5, 5.41) is 13.1. The number of nitrogens with one attached hydrogen (secondary N) is 3. The number of rotatable bonds is 7. The van der Waals surface area contributed by atoms with Crippen molar-refractivity contribution in [1.29, 1.82) is 0 Å². The van der Waals surface area contributed by atoms with Gasteiger partial charge in [-0.25, -0.2) is 0 Å². The predicted molar refractivity (Wildman–Crippen MR) is 87.2 cm³/mol. The first-order valence-corrected chi connectivity index (χ1v) is 7.81. The summed E-state index contributed by atoms with van der Waals surface area (Å²) in [4.78, 5) is 12.1. The molecule has 112 valence electrons. The van der Waals surface area contributed by atoms with Crippen molar-refractivity contribution < 1.29 is 4.79 Å². The van der Waals surface area contributed by atoms with E-state index < -0.39 is 0 Å². The highest BCUT2D eigenvalue weighted by molar-refractivity contribution is 9.10. The zero-order valence-electron chi connectivity index (χ0n) is 11.9. The fourth-order valence-electron chi connectivity index (χ4n) is 1.92. The zero-order chi connectivity index (χ0) is 15.1. The van der Waals surface area contributed by atoms with E-state index in [1.165, 1.54) is 0 Å². The first-order valence-electron chi connectivity index (χ1n) is 7.02. The van der Waals surface area contributed by atoms with Gasteiger partial charge in [-0.1, -0.05) is 37.3 Å². The van der Waals surface area contributed by atoms with Gasteiger partial charge in [0.2, 0.25) is 0 Å². The van der Waals surface area contributed by atoms with Gasteiger partial charge in [0, 0.05) is 18.7 Å². The number of H-pyrrole nitrogens is 1. The van der Waals surface area contributed by atoms with Crippen molar-refractivity contribution in [3.05, 3.63) is 40.5 Å². The van der Waals surface area contributed by atoms with Gasteiger partial charge in [-0.3, -0.25) is 9.89 Å². The standard InChI is InChI=1S/C15H19BrN4O/c1-2-8-17-9-10-18-15(21)14-12(16)13(19-20-14)11-6-4-3-5-7-11/h3-7,17H,2,8-10H2,1H3,(H,18,21)(H,19,20). The average Bonchev–Trinajstić information content (AvgIpc) is 2.89. The lowest BCUT2D eigenvalue weighted by Crippen LogP contribution is -2.32. The highest BCUT2D eigenvalue weighted by Crippen LogP contribution is 2.28. The maximum absolute atomic E-state index is 12.1. The highest BCUT2D eigenvalue weighted by Gasteiger charge is 2.17. The molecule has 0 aliphatic heterocycles. The third-order valence-electron chi connectivity index (χ3n) is 3.00. The van der Waals surface area contributed by atoms with Crippen LogP contribution in [0.5, 0.6) is 0 Å². The largest absolute Gasteiger partial charge is 0.349 e. The predicted octanol–water partition coefficient (Wildman–Crippen LogP) is 2.57. The molecule has 1 aromatic heterocycles. The molecule has 1 heterocycles. The molecule has 0 unspecified atom stereocenters. The Morgan fingerprint density at radius 2 is 2.00 bits per heavy atom. The van der Waals surface area contributed by atoms with Crippen molar-refractivity contribution in [2.45, 2.75) is 13.3 Å². The van der Waals surface area contributed by atoms with Crippen LogP contribution in [0.3, 0.4) is 0 Å². The summed E-state index contributed by atoms with van der Waals surface area (Å²) >= 11 is 3.45. The number of carbonyl (C=O) groups is 1. The molecule has 3 N–H and O–H groups in total. The molecule has 0 aliphatic carbocycles. The van der Waals surface area contributed by atoms with E-state index in [9.17, 15) is 4.79 Å². The van der Waals surface area contributed by atoms with Gasteiger partial charge in [-0.2, -0.15) is 5.10 Å². The van der Waals surface area contributed by atoms with Crippen molar-refractivity contribution in [3.63, 3.8) is 0 Å². The fourth-order valence-corrected chi connectivity index (χ4v) is 2.51. The number of hydrogen-bond donors (Lipinski definition) is 3. The number of amides is 1. The van der Waals surface area contributed by atoms with Crippen LogP contribution in [0.15, 0.2) is 34.8 Å². The van der Waals surface area contributed by atoms with Gasteiger partial charge in [0.25, 0.3) is 5.91 Å². The maximum atomic E-state index is 12.1. The van der Waals surface area contributed by atoms with Crippen LogP contribution in [0.4, 0.5) is 0 Å². The second-order valence-electron chi connectivity index (χ2n) is 4.63. The quantitative estimate of drug-likeness (QED) is 0.672. The second kappa shape index (κ2) is 7.95. The monoisotopic (exact) mass is 350 g/mol. The average molecular weight is 351 g/mol. The molecule has 2 aromatic rings. The van der Waals surface area contributed by atoms with Crippen molar-refractivity contribution in [3.8, 4) is 11.3 Å². The van der Waals surface area contributed by atoms with Gasteiger partial charge in [0.05, 0.1) is 4.47 Å². The van der Waals surface area contributed by atoms with Gasteiger partial charge in [0.15, 0.2) is 0 Å². The van der Waals surface area contributed by atoms with Crippen LogP contribution >= 0.6 is 15.9 Å². The SMILES string of the molecule is CCCNCCNC(=O)c1[nH]nc(-c2ccccc2)c1Br. The van der Waals surface area contributed by atoms with E-state index in [2.05, 4.69) is 43.7 Å². The van der Waals surface area contributed by atoms with Gasteiger partial charge in [0.1, 0.15) is 11.4 Å². The second-order valence-corrected chi connectivity index (χ2v) is 5.43. The summed E-state index contributed by atoms with van der Waals surface area (Å²) in [6.07, 6.45) is 1.08. The van der Waals surface area contributed by atoms with E-state index >= 15 is 0 Å². The number of benzene rings is 1. The number of hydrogen-bond acceptors (Lipinski definition) is 3. The first kappa shape index (κ1) is 15.7. The van der Waals surface area contributed by atoms with Crippen LogP contribution in [-0.2, 0) is 0 Å². The number of halogens is 1. The Morgan fingerprint density at radius 1 is 1.24 bits per heavy atom. The first-order chi connectivity index (χ1) is 10.2. The molecule has 2 rings (SSSR count). The van der Waals surface area contributed by atoms with Crippen molar-refractivity contribution in [2.75, 3.05) is 19.6 Å². The third kappa shape index (κ3) is 4.15. The lowest BCUT2D eigenvalue weighted by atomic mass is 10.1. The van der Waals surface area contributed by atoms with E-state index in [1.807, 2.05) is 30.3 Å². The smallest absolute Gasteiger partial charge is 0.270 e. The Bertz CT molecular complexity index is 583. The minimum atomic E-state index is -0.158. The summed E-state index contributed by atoms with van der Waals surface area (Å²) in [6, 6.07) is 9.74. The molecule has 1 amide bonds. The summed E-state index contributed by atoms with van der Waals surface area (Å²) in [5.41, 5.74) is 2.15. The Balaban J connectivity index is 1.98. The summed E-state index contributed by atoms with van der Waals surface area (Å²) in [5.74, 6) is -0.158. The van der Waals surface area contributed by atoms with Crippen LogP contribution < -0.4 is 10.6 Å². The minimum Gasteiger partial charge on any atom is -0.349 e. The van der Waals surface area contributed by atoms with Crippen LogP contribution in [0.25, 0.3) is 11.3 Å². The van der Waals surface area contributed by atoms with E-state index in [0.29, 0.717) is 16.7 Å². The maximum Gasteiger partial charge on any atom is 0.270 e. The van der Waals surface area contributed by atoms with Gasteiger partial charge >= 0.3 is 0 Å². The summed E-state index contributed by atoms with van der Waals surface area (Å²) in [7, 11) is 0. The molecule has 0 saturated carbocycles. The number of aromatic amines is 1. The van der Waals surface area contributed by atoms with Gasteiger partial charge < -0.3 is 10.6 Å². The van der Waals surface area contributed by atoms with Gasteiger partial charge in [-0.15, -0.1) is 0 Å². The van der Waals surface area contributed by atoms with E-state index in [0.717, 1.165) is 30.8 Å². The molecule has 0 saturated heterocycles. The van der Waals surface area contributed by atoms with E-state index in [-0.39, 0.29) is 5.91 Å². The topological polar surface area (TPSA) is 69.8 Å². The summed E-state index contributed by atoms with van der Waals surface area (Å²) in [6.45, 7) is 4.42. The van der Waals surface area contributed by atoms with Gasteiger partial charge in [-0.05, 0) is 28.9 Å². The molecule has 0 radical (unpaired) electrons. The van der Waals surface area contributed by atoms with Crippen LogP contribution in [0.2, 0.25) is 0 Å². The molecule has 6 heteroatoms. The van der Waals surface area contributed by atoms with Crippen LogP contribution in [-0.4, -0.2) is 35.7 Å². The fraction of sp³-hybridized carbons (Fsp3) is 0.333. The molecule has 0 aliphatic rings. The lowest BCUT2D eigenvalue weighted by molar-refractivity contribution is 0.0948. The molecule has 21 heavy (non-hydrogen) atoms. The van der Waals surface area contributed by atoms with Crippen LogP contribution in [0.1, 0.15) is 23.8 Å². The van der Waals surface area contributed by atoms with Crippen molar-refractivity contribution >= 4 is 21.8 Å². The minimum absolute atomic E-state index is 0.158. The zero-order valence-corrected chi connectivity index (χ0v) is 13.5. The Morgan fingerprint density at radius 3 is 2.71 bits per heavy atom. The van der Waals surface area contributed by atoms with Crippen molar-refractivity contribution in [1.82, 2.24) is 20.8 Å². The molecular weight excluding hydrogens is 332 g/mol. The van der Waals surface area contributed by atoms with E-state index in [4.69, 9.17) is 0 Å². The molecule has 0 bridgehead atoms. The van der Waals surface area contributed by atoms with E-state index in [1.54, 1.807) is 0 Å². The molecule has 1 aromatic carbocycles. The Hall–Kier alpha value is -1.66. The molecule has 5 nitrogen and oxygen atoms in total. The number of nitrogens with zero attached hydrogens (tertiary/aromatic N) is 1. The third-order valence-corrected chi connectivity index (χ3v) is 3.77. The molecule has 0 atom stereocenters. The summed E-state index contributed by atoms with van der Waals surface area (Å²) < 4.78 is 0.688. The lowest BCUT2D eigenvalue weighted by Gasteiger charge is -2.05. The molecular formula is C15H19BrN4O.